The zero-order valence-electron chi connectivity index (χ0n) is 11.5. The smallest absolute Gasteiger partial charge is 0.211 e. The number of hydrogen-bond acceptors (Lipinski definition) is 6. The first kappa shape index (κ1) is 13.6. The molecule has 0 radical (unpaired) electrons. The van der Waals surface area contributed by atoms with Crippen LogP contribution in [0.5, 0.6) is 11.5 Å². The number of hydrogen-bond donors (Lipinski definition) is 2. The normalized spacial score (nSPS) is 14.4. The summed E-state index contributed by atoms with van der Waals surface area (Å²) in [4.78, 5) is 0.215. The van der Waals surface area contributed by atoms with Gasteiger partial charge in [0.05, 0.1) is 30.5 Å². The predicted molar refractivity (Wildman–Crippen MR) is 79.3 cm³/mol. The lowest BCUT2D eigenvalue weighted by Gasteiger charge is -2.09. The van der Waals surface area contributed by atoms with Gasteiger partial charge in [-0.15, -0.1) is 0 Å². The van der Waals surface area contributed by atoms with Gasteiger partial charge in [-0.05, 0) is 18.2 Å². The number of nitrogens with two attached hydrogens (primary N) is 2. The number of methoxy groups -OCH3 is 2. The van der Waals surface area contributed by atoms with Crippen LogP contribution >= 0.6 is 0 Å². The third kappa shape index (κ3) is 1.67. The maximum atomic E-state index is 12.7. The Bertz CT molecular complexity index is 860. The molecule has 0 spiro atoms. The number of benzene rings is 2. The molecule has 110 valence electrons. The number of rotatable bonds is 2. The van der Waals surface area contributed by atoms with E-state index in [0.717, 1.165) is 0 Å². The molecule has 1 aliphatic heterocycles. The molecule has 0 unspecified atom stereocenters. The molecule has 0 aromatic heterocycles. The van der Waals surface area contributed by atoms with Crippen molar-refractivity contribution >= 4 is 21.2 Å². The van der Waals surface area contributed by atoms with Gasteiger partial charge in [0.15, 0.2) is 5.75 Å². The van der Waals surface area contributed by atoms with Crippen LogP contribution in [-0.4, -0.2) is 22.6 Å². The second kappa shape index (κ2) is 4.29. The molecule has 0 bridgehead atoms. The molecule has 7 heteroatoms. The lowest BCUT2D eigenvalue weighted by atomic mass is 10.0. The van der Waals surface area contributed by atoms with Crippen LogP contribution < -0.4 is 20.9 Å². The molecule has 1 heterocycles. The summed E-state index contributed by atoms with van der Waals surface area (Å²) in [6, 6.07) is 6.29. The number of anilines is 2. The third-order valence-electron chi connectivity index (χ3n) is 3.53. The summed E-state index contributed by atoms with van der Waals surface area (Å²) in [6.45, 7) is 0. The Balaban J connectivity index is 2.45. The van der Waals surface area contributed by atoms with Crippen LogP contribution in [-0.2, 0) is 9.84 Å². The van der Waals surface area contributed by atoms with Crippen LogP contribution in [0.25, 0.3) is 11.1 Å². The lowest BCUT2D eigenvalue weighted by molar-refractivity contribution is 0.406. The Morgan fingerprint density at radius 2 is 1.67 bits per heavy atom. The lowest BCUT2D eigenvalue weighted by Crippen LogP contribution is -2.03. The fraction of sp³-hybridized carbons (Fsp3) is 0.143. The summed E-state index contributed by atoms with van der Waals surface area (Å²) in [5.74, 6) is 0.578. The number of nitrogen functional groups attached to an aromatic ring is 2. The quantitative estimate of drug-likeness (QED) is 0.698. The number of fused-ring (bicyclic) bond motifs is 3. The van der Waals surface area contributed by atoms with E-state index in [4.69, 9.17) is 20.9 Å². The van der Waals surface area contributed by atoms with Gasteiger partial charge in [-0.3, -0.25) is 0 Å². The van der Waals surface area contributed by atoms with Crippen LogP contribution in [0.2, 0.25) is 0 Å². The zero-order valence-corrected chi connectivity index (χ0v) is 12.3. The highest BCUT2D eigenvalue weighted by molar-refractivity contribution is 7.92. The Labute approximate surface area is 122 Å². The van der Waals surface area contributed by atoms with Gasteiger partial charge in [-0.25, -0.2) is 8.42 Å². The van der Waals surface area contributed by atoms with E-state index in [1.807, 2.05) is 0 Å². The van der Waals surface area contributed by atoms with Crippen LogP contribution in [0.15, 0.2) is 34.1 Å². The highest BCUT2D eigenvalue weighted by atomic mass is 32.2. The summed E-state index contributed by atoms with van der Waals surface area (Å²) < 4.78 is 35.8. The van der Waals surface area contributed by atoms with Crippen LogP contribution in [0.3, 0.4) is 0 Å². The highest BCUT2D eigenvalue weighted by Crippen LogP contribution is 2.51. The SMILES string of the molecule is COc1cc2c(cc1N)S(=O)(=O)c1c-2ccc(N)c1OC. The van der Waals surface area contributed by atoms with Crippen molar-refractivity contribution in [3.8, 4) is 22.6 Å². The van der Waals surface area contributed by atoms with Crippen LogP contribution in [0, 0.1) is 0 Å². The van der Waals surface area contributed by atoms with Crippen molar-refractivity contribution in [3.63, 3.8) is 0 Å². The Hall–Kier alpha value is -2.41. The van der Waals surface area contributed by atoms with E-state index < -0.39 is 9.84 Å². The zero-order chi connectivity index (χ0) is 15.4. The molecule has 0 saturated carbocycles. The molecule has 2 aromatic carbocycles. The third-order valence-corrected chi connectivity index (χ3v) is 5.39. The summed E-state index contributed by atoms with van der Waals surface area (Å²) >= 11 is 0. The Morgan fingerprint density at radius 1 is 0.952 bits per heavy atom. The van der Waals surface area contributed by atoms with Crippen molar-refractivity contribution in [1.82, 2.24) is 0 Å². The van der Waals surface area contributed by atoms with Gasteiger partial charge >= 0.3 is 0 Å². The molecule has 2 aromatic rings. The molecule has 0 aliphatic carbocycles. The van der Waals surface area contributed by atoms with E-state index >= 15 is 0 Å². The number of ether oxygens (including phenoxy) is 2. The van der Waals surface area contributed by atoms with E-state index in [1.165, 1.54) is 20.3 Å². The standard InChI is InChI=1S/C14H14N2O4S/c1-19-11-5-8-7-3-4-9(15)13(20-2)14(7)21(17,18)12(8)6-10(11)16/h3-6H,15-16H2,1-2H3. The second-order valence-corrected chi connectivity index (χ2v) is 6.51. The van der Waals surface area contributed by atoms with Gasteiger partial charge in [0.25, 0.3) is 0 Å². The maximum absolute atomic E-state index is 12.7. The van der Waals surface area contributed by atoms with Crippen molar-refractivity contribution in [2.45, 2.75) is 9.79 Å². The van der Waals surface area contributed by atoms with Gasteiger partial charge in [-0.2, -0.15) is 0 Å². The minimum atomic E-state index is -3.72. The first-order chi connectivity index (χ1) is 9.91. The molecule has 0 fully saturated rings. The molecule has 0 amide bonds. The molecular formula is C14H14N2O4S. The van der Waals surface area contributed by atoms with Crippen molar-refractivity contribution in [2.24, 2.45) is 0 Å². The molecular weight excluding hydrogens is 292 g/mol. The summed E-state index contributed by atoms with van der Waals surface area (Å²) in [7, 11) is -0.852. The Kier molecular flexibility index (Phi) is 2.77. The van der Waals surface area contributed by atoms with E-state index in [9.17, 15) is 8.42 Å². The van der Waals surface area contributed by atoms with Crippen molar-refractivity contribution in [1.29, 1.82) is 0 Å². The highest BCUT2D eigenvalue weighted by Gasteiger charge is 2.37. The van der Waals surface area contributed by atoms with Crippen LogP contribution in [0.4, 0.5) is 11.4 Å². The largest absolute Gasteiger partial charge is 0.495 e. The van der Waals surface area contributed by atoms with E-state index in [-0.39, 0.29) is 26.9 Å². The fourth-order valence-corrected chi connectivity index (χ4v) is 4.44. The molecule has 0 saturated heterocycles. The van der Waals surface area contributed by atoms with Crippen LogP contribution in [0.1, 0.15) is 0 Å². The van der Waals surface area contributed by atoms with Gasteiger partial charge in [0.1, 0.15) is 10.6 Å². The predicted octanol–water partition coefficient (Wildman–Crippen LogP) is 1.68. The molecule has 6 nitrogen and oxygen atoms in total. The summed E-state index contributed by atoms with van der Waals surface area (Å²) in [5, 5.41) is 0. The van der Waals surface area contributed by atoms with E-state index in [2.05, 4.69) is 0 Å². The van der Waals surface area contributed by atoms with Crippen molar-refractivity contribution in [2.75, 3.05) is 25.7 Å². The second-order valence-electron chi connectivity index (χ2n) is 4.66. The number of sulfone groups is 1. The Morgan fingerprint density at radius 3 is 2.29 bits per heavy atom. The summed E-state index contributed by atoms with van der Waals surface area (Å²) in [5.41, 5.74) is 13.2. The van der Waals surface area contributed by atoms with Gasteiger partial charge in [0, 0.05) is 11.1 Å². The molecule has 21 heavy (non-hydrogen) atoms. The van der Waals surface area contributed by atoms with Crippen molar-refractivity contribution in [3.05, 3.63) is 24.3 Å². The first-order valence-corrected chi connectivity index (χ1v) is 7.59. The average Bonchev–Trinajstić information content (AvgIpc) is 2.67. The molecule has 4 N–H and O–H groups in total. The molecule has 0 atom stereocenters. The van der Waals surface area contributed by atoms with Gasteiger partial charge in [0.2, 0.25) is 9.84 Å². The first-order valence-electron chi connectivity index (χ1n) is 6.11. The topological polar surface area (TPSA) is 105 Å². The van der Waals surface area contributed by atoms with E-state index in [0.29, 0.717) is 16.9 Å². The average molecular weight is 306 g/mol. The van der Waals surface area contributed by atoms with Crippen molar-refractivity contribution < 1.29 is 17.9 Å². The molecule has 1 aliphatic rings. The van der Waals surface area contributed by atoms with Gasteiger partial charge in [-0.1, -0.05) is 6.07 Å². The molecule has 3 rings (SSSR count). The maximum Gasteiger partial charge on any atom is 0.211 e. The van der Waals surface area contributed by atoms with E-state index in [1.54, 1.807) is 18.2 Å². The fourth-order valence-electron chi connectivity index (χ4n) is 2.56. The summed E-state index contributed by atoms with van der Waals surface area (Å²) in [6.07, 6.45) is 0. The minimum absolute atomic E-state index is 0.0765. The van der Waals surface area contributed by atoms with Gasteiger partial charge < -0.3 is 20.9 Å². The monoisotopic (exact) mass is 306 g/mol. The minimum Gasteiger partial charge on any atom is -0.495 e.